The molecule has 1 saturated carbocycles. The average molecular weight is 217 g/mol. The molecule has 0 radical (unpaired) electrons. The van der Waals surface area contributed by atoms with Crippen molar-refractivity contribution in [3.05, 3.63) is 0 Å². The molecule has 2 aliphatic rings. The van der Waals surface area contributed by atoms with Crippen LogP contribution in [0.2, 0.25) is 0 Å². The molecule has 80 valence electrons. The Labute approximate surface area is 84.2 Å². The summed E-state index contributed by atoms with van der Waals surface area (Å²) in [6.45, 7) is 1.75. The largest absolute Gasteiger partial charge is 0.394 e. The van der Waals surface area contributed by atoms with E-state index < -0.39 is 9.84 Å². The third-order valence-corrected chi connectivity index (χ3v) is 5.38. The first-order valence-electron chi connectivity index (χ1n) is 5.03. The number of hydrogen-bond acceptors (Lipinski definition) is 4. The van der Waals surface area contributed by atoms with E-state index in [0.717, 1.165) is 25.7 Å². The standard InChI is InChI=1S/C9H15NO3S/c1-7-10-13-6-9(14(7,11)12)8-4-2-3-5-8/h8-9H,2-6H2,1H3. The van der Waals surface area contributed by atoms with Crippen molar-refractivity contribution in [1.82, 2.24) is 0 Å². The fraction of sp³-hybridized carbons (Fsp3) is 0.889. The minimum Gasteiger partial charge on any atom is -0.394 e. The van der Waals surface area contributed by atoms with E-state index in [0.29, 0.717) is 0 Å². The van der Waals surface area contributed by atoms with Crippen LogP contribution < -0.4 is 0 Å². The predicted octanol–water partition coefficient (Wildman–Crippen LogP) is 1.32. The van der Waals surface area contributed by atoms with Gasteiger partial charge in [-0.2, -0.15) is 0 Å². The van der Waals surface area contributed by atoms with Gasteiger partial charge in [-0.05, 0) is 25.7 Å². The summed E-state index contributed by atoms with van der Waals surface area (Å²) >= 11 is 0. The van der Waals surface area contributed by atoms with Gasteiger partial charge in [0.1, 0.15) is 11.9 Å². The minimum atomic E-state index is -3.16. The lowest BCUT2D eigenvalue weighted by atomic mass is 10.0. The van der Waals surface area contributed by atoms with Crippen LogP contribution in [-0.2, 0) is 14.7 Å². The van der Waals surface area contributed by atoms with Crippen LogP contribution in [0, 0.1) is 5.92 Å². The first-order valence-corrected chi connectivity index (χ1v) is 6.57. The molecular weight excluding hydrogens is 202 g/mol. The van der Waals surface area contributed by atoms with E-state index in [-0.39, 0.29) is 22.8 Å². The van der Waals surface area contributed by atoms with Crippen LogP contribution in [0.25, 0.3) is 0 Å². The molecule has 0 aromatic heterocycles. The number of oxime groups is 1. The molecule has 1 aliphatic carbocycles. The molecule has 0 amide bonds. The van der Waals surface area contributed by atoms with Gasteiger partial charge in [0.2, 0.25) is 9.84 Å². The number of nitrogens with zero attached hydrogens (tertiary/aromatic N) is 1. The van der Waals surface area contributed by atoms with Crippen molar-refractivity contribution in [2.75, 3.05) is 6.61 Å². The SMILES string of the molecule is CC1=NOCC(C2CCCC2)S1(=O)=O. The van der Waals surface area contributed by atoms with Gasteiger partial charge in [0.15, 0.2) is 5.04 Å². The van der Waals surface area contributed by atoms with E-state index in [1.54, 1.807) is 0 Å². The Hall–Kier alpha value is -0.580. The van der Waals surface area contributed by atoms with Crippen LogP contribution >= 0.6 is 0 Å². The Balaban J connectivity index is 2.24. The van der Waals surface area contributed by atoms with Gasteiger partial charge < -0.3 is 4.84 Å². The maximum atomic E-state index is 11.9. The van der Waals surface area contributed by atoms with Gasteiger partial charge in [-0.3, -0.25) is 0 Å². The van der Waals surface area contributed by atoms with Crippen LogP contribution in [0.3, 0.4) is 0 Å². The third kappa shape index (κ3) is 1.54. The lowest BCUT2D eigenvalue weighted by molar-refractivity contribution is 0.127. The van der Waals surface area contributed by atoms with E-state index in [1.807, 2.05) is 0 Å². The molecule has 1 aliphatic heterocycles. The van der Waals surface area contributed by atoms with Crippen molar-refractivity contribution in [2.24, 2.45) is 11.1 Å². The second kappa shape index (κ2) is 3.53. The normalized spacial score (nSPS) is 32.4. The maximum Gasteiger partial charge on any atom is 0.201 e. The summed E-state index contributed by atoms with van der Waals surface area (Å²) in [5.41, 5.74) is 0. The molecule has 1 unspecified atom stereocenters. The average Bonchev–Trinajstić information content (AvgIpc) is 2.62. The van der Waals surface area contributed by atoms with Crippen molar-refractivity contribution >= 4 is 14.9 Å². The van der Waals surface area contributed by atoms with Crippen LogP contribution in [-0.4, -0.2) is 25.3 Å². The second-order valence-electron chi connectivity index (χ2n) is 4.03. The Bertz CT molecular complexity index is 341. The quantitative estimate of drug-likeness (QED) is 0.665. The van der Waals surface area contributed by atoms with Gasteiger partial charge in [0.05, 0.1) is 0 Å². The Morgan fingerprint density at radius 1 is 1.36 bits per heavy atom. The van der Waals surface area contributed by atoms with Crippen LogP contribution in [0.5, 0.6) is 0 Å². The highest BCUT2D eigenvalue weighted by Crippen LogP contribution is 2.33. The molecule has 4 nitrogen and oxygen atoms in total. The second-order valence-corrected chi connectivity index (χ2v) is 6.32. The summed E-state index contributed by atoms with van der Waals surface area (Å²) in [4.78, 5) is 4.95. The van der Waals surface area contributed by atoms with Gasteiger partial charge in [0, 0.05) is 0 Å². The highest BCUT2D eigenvalue weighted by Gasteiger charge is 2.39. The highest BCUT2D eigenvalue weighted by molar-refractivity contribution is 8.06. The fourth-order valence-electron chi connectivity index (χ4n) is 2.28. The van der Waals surface area contributed by atoms with Gasteiger partial charge in [-0.25, -0.2) is 8.42 Å². The van der Waals surface area contributed by atoms with Gasteiger partial charge >= 0.3 is 0 Å². The van der Waals surface area contributed by atoms with E-state index in [2.05, 4.69) is 5.16 Å². The van der Waals surface area contributed by atoms with Gasteiger partial charge in [-0.15, -0.1) is 0 Å². The van der Waals surface area contributed by atoms with Crippen LogP contribution in [0.15, 0.2) is 5.16 Å². The summed E-state index contributed by atoms with van der Waals surface area (Å²) in [7, 11) is -3.16. The van der Waals surface area contributed by atoms with E-state index in [1.165, 1.54) is 6.92 Å². The highest BCUT2D eigenvalue weighted by atomic mass is 32.2. The van der Waals surface area contributed by atoms with Crippen molar-refractivity contribution in [3.8, 4) is 0 Å². The molecule has 0 spiro atoms. The monoisotopic (exact) mass is 217 g/mol. The van der Waals surface area contributed by atoms with E-state index >= 15 is 0 Å². The van der Waals surface area contributed by atoms with Crippen molar-refractivity contribution in [2.45, 2.75) is 37.9 Å². The summed E-state index contributed by atoms with van der Waals surface area (Å²) < 4.78 is 23.8. The fourth-order valence-corrected chi connectivity index (χ4v) is 3.89. The van der Waals surface area contributed by atoms with Crippen LogP contribution in [0.4, 0.5) is 0 Å². The first-order chi connectivity index (χ1) is 6.62. The molecule has 0 aromatic rings. The smallest absolute Gasteiger partial charge is 0.201 e. The molecule has 5 heteroatoms. The molecule has 0 saturated heterocycles. The van der Waals surface area contributed by atoms with Crippen molar-refractivity contribution in [1.29, 1.82) is 0 Å². The van der Waals surface area contributed by atoms with E-state index in [4.69, 9.17) is 4.84 Å². The molecule has 1 fully saturated rings. The Morgan fingerprint density at radius 2 is 2.00 bits per heavy atom. The molecule has 14 heavy (non-hydrogen) atoms. The minimum absolute atomic E-state index is 0.139. The number of hydrogen-bond donors (Lipinski definition) is 0. The molecule has 0 bridgehead atoms. The molecule has 0 N–H and O–H groups in total. The van der Waals surface area contributed by atoms with Gasteiger partial charge in [0.25, 0.3) is 0 Å². The number of sulfone groups is 1. The summed E-state index contributed by atoms with van der Waals surface area (Å²) in [6, 6.07) is 0. The molecular formula is C9H15NO3S. The maximum absolute atomic E-state index is 11.9. The molecule has 0 aromatic carbocycles. The van der Waals surface area contributed by atoms with Crippen molar-refractivity contribution < 1.29 is 13.3 Å². The van der Waals surface area contributed by atoms with Crippen LogP contribution in [0.1, 0.15) is 32.6 Å². The molecule has 2 rings (SSSR count). The summed E-state index contributed by atoms with van der Waals surface area (Å²) in [6.07, 6.45) is 4.32. The number of rotatable bonds is 1. The molecule has 1 atom stereocenters. The third-order valence-electron chi connectivity index (χ3n) is 3.17. The lowest BCUT2D eigenvalue weighted by Crippen LogP contribution is -2.39. The van der Waals surface area contributed by atoms with Crippen molar-refractivity contribution in [3.63, 3.8) is 0 Å². The van der Waals surface area contributed by atoms with E-state index in [9.17, 15) is 8.42 Å². The van der Waals surface area contributed by atoms with Gasteiger partial charge in [-0.1, -0.05) is 18.0 Å². The Kier molecular flexibility index (Phi) is 2.51. The first kappa shape index (κ1) is 9.96. The molecule has 1 heterocycles. The predicted molar refractivity (Wildman–Crippen MR) is 53.7 cm³/mol. The lowest BCUT2D eigenvalue weighted by Gasteiger charge is -2.25. The zero-order chi connectivity index (χ0) is 10.2. The topological polar surface area (TPSA) is 55.7 Å². The summed E-state index contributed by atoms with van der Waals surface area (Å²) in [5, 5.41) is 3.33. The Morgan fingerprint density at radius 3 is 2.64 bits per heavy atom. The summed E-state index contributed by atoms with van der Waals surface area (Å²) in [5.74, 6) is 0.283. The zero-order valence-corrected chi connectivity index (χ0v) is 9.09. The zero-order valence-electron chi connectivity index (χ0n) is 8.27.